The molecule has 1 aromatic carbocycles. The van der Waals surface area contributed by atoms with Gasteiger partial charge in [-0.3, -0.25) is 9.36 Å². The molecular formula is C22H23N2O4S2-. The van der Waals surface area contributed by atoms with Crippen molar-refractivity contribution in [1.82, 2.24) is 9.55 Å². The lowest BCUT2D eigenvalue weighted by Gasteiger charge is -2.26. The molecule has 0 radical (unpaired) electrons. The van der Waals surface area contributed by atoms with Gasteiger partial charge >= 0.3 is 0 Å². The van der Waals surface area contributed by atoms with Gasteiger partial charge in [-0.05, 0) is 37.0 Å². The molecule has 0 spiro atoms. The van der Waals surface area contributed by atoms with Crippen LogP contribution in [0.1, 0.15) is 36.8 Å². The quantitative estimate of drug-likeness (QED) is 0.445. The molecule has 3 heterocycles. The van der Waals surface area contributed by atoms with E-state index in [4.69, 9.17) is 9.72 Å². The largest absolute Gasteiger partial charge is 0.549 e. The Kier molecular flexibility index (Phi) is 5.74. The summed E-state index contributed by atoms with van der Waals surface area (Å²) in [5.74, 6) is -0.845. The van der Waals surface area contributed by atoms with Crippen molar-refractivity contribution in [2.75, 3.05) is 0 Å². The topological polar surface area (TPSA) is 84.3 Å². The summed E-state index contributed by atoms with van der Waals surface area (Å²) < 4.78 is 7.53. The molecule has 0 fully saturated rings. The number of carboxylic acids is 1. The number of aromatic nitrogens is 2. The summed E-state index contributed by atoms with van der Waals surface area (Å²) in [7, 11) is 0. The highest BCUT2D eigenvalue weighted by Crippen LogP contribution is 2.37. The molecule has 1 aliphatic heterocycles. The van der Waals surface area contributed by atoms with Gasteiger partial charge in [-0.1, -0.05) is 43.8 Å². The molecule has 0 unspecified atom stereocenters. The first-order valence-corrected chi connectivity index (χ1v) is 11.6. The van der Waals surface area contributed by atoms with Gasteiger partial charge in [-0.25, -0.2) is 4.98 Å². The summed E-state index contributed by atoms with van der Waals surface area (Å²) >= 11 is 2.49. The molecule has 0 saturated heterocycles. The van der Waals surface area contributed by atoms with Crippen LogP contribution in [0.5, 0.6) is 0 Å². The van der Waals surface area contributed by atoms with Gasteiger partial charge in [-0.15, -0.1) is 11.3 Å². The third-order valence-electron chi connectivity index (χ3n) is 5.43. The fraction of sp³-hybridized carbons (Fsp3) is 0.409. The van der Waals surface area contributed by atoms with Crippen LogP contribution < -0.4 is 10.7 Å². The first-order valence-electron chi connectivity index (χ1n) is 9.90. The number of hydrogen-bond donors (Lipinski definition) is 0. The summed E-state index contributed by atoms with van der Waals surface area (Å²) in [6.07, 6.45) is 0.744. The lowest BCUT2D eigenvalue weighted by Crippen LogP contribution is -2.32. The van der Waals surface area contributed by atoms with Crippen molar-refractivity contribution >= 4 is 39.3 Å². The Morgan fingerprint density at radius 1 is 1.33 bits per heavy atom. The number of carboxylic acid groups (broad SMARTS) is 1. The lowest BCUT2D eigenvalue weighted by molar-refractivity contribution is -0.304. The summed E-state index contributed by atoms with van der Waals surface area (Å²) in [5, 5.41) is 11.5. The van der Waals surface area contributed by atoms with E-state index in [1.807, 2.05) is 31.2 Å². The van der Waals surface area contributed by atoms with Gasteiger partial charge in [0.05, 0.1) is 29.8 Å². The Bertz CT molecular complexity index is 1180. The van der Waals surface area contributed by atoms with Crippen LogP contribution in [0.3, 0.4) is 0 Å². The summed E-state index contributed by atoms with van der Waals surface area (Å²) in [6.45, 7) is 8.17. The smallest absolute Gasteiger partial charge is 0.267 e. The Hall–Kier alpha value is -2.16. The van der Waals surface area contributed by atoms with E-state index in [1.54, 1.807) is 11.5 Å². The van der Waals surface area contributed by atoms with Crippen molar-refractivity contribution in [1.29, 1.82) is 0 Å². The number of carbonyl (C=O) groups excluding carboxylic acids is 1. The van der Waals surface area contributed by atoms with Crippen LogP contribution in [-0.2, 0) is 22.6 Å². The second-order valence-electron chi connectivity index (χ2n) is 7.88. The molecule has 0 bridgehead atoms. The second kappa shape index (κ2) is 8.17. The molecule has 0 N–H and O–H groups in total. The van der Waals surface area contributed by atoms with Gasteiger partial charge in [0, 0.05) is 16.5 Å². The van der Waals surface area contributed by atoms with Gasteiger partial charge in [0.1, 0.15) is 4.83 Å². The Morgan fingerprint density at radius 3 is 2.73 bits per heavy atom. The number of thiophene rings is 1. The molecule has 30 heavy (non-hydrogen) atoms. The van der Waals surface area contributed by atoms with E-state index in [0.717, 1.165) is 27.8 Å². The minimum absolute atomic E-state index is 0.0637. The molecule has 4 rings (SSSR count). The molecule has 3 aromatic rings. The van der Waals surface area contributed by atoms with Crippen molar-refractivity contribution < 1.29 is 14.6 Å². The number of rotatable bonds is 5. The van der Waals surface area contributed by atoms with Crippen LogP contribution in [0.4, 0.5) is 0 Å². The third kappa shape index (κ3) is 3.68. The molecule has 0 aliphatic carbocycles. The van der Waals surface area contributed by atoms with E-state index >= 15 is 0 Å². The van der Waals surface area contributed by atoms with Gasteiger partial charge in [0.15, 0.2) is 5.16 Å². The first-order chi connectivity index (χ1) is 14.3. The van der Waals surface area contributed by atoms with Crippen LogP contribution in [0, 0.1) is 12.8 Å². The van der Waals surface area contributed by atoms with Crippen molar-refractivity contribution in [2.24, 2.45) is 5.92 Å². The molecule has 2 aromatic heterocycles. The number of ether oxygens (including phenoxy) is 1. The van der Waals surface area contributed by atoms with E-state index in [1.165, 1.54) is 11.3 Å². The van der Waals surface area contributed by atoms with Crippen molar-refractivity contribution in [3.63, 3.8) is 0 Å². The number of para-hydroxylation sites is 1. The van der Waals surface area contributed by atoms with Gasteiger partial charge in [-0.2, -0.15) is 0 Å². The van der Waals surface area contributed by atoms with E-state index < -0.39 is 11.2 Å². The highest BCUT2D eigenvalue weighted by atomic mass is 32.2. The standard InChI is InChI=1S/C22H24N2O4S2/c1-11(2)16-9-14-17(10-28-16)30-19-18(14)20(25)24(15-8-6-5-7-12(15)3)22(23-19)29-13(4)21(26)27/h5-8,11,13,16H,9-10H2,1-4H3,(H,26,27)/p-1/t13-,16+/m0/s1. The van der Waals surface area contributed by atoms with Crippen LogP contribution in [0.15, 0.2) is 34.2 Å². The number of nitrogens with zero attached hydrogens (tertiary/aromatic N) is 2. The van der Waals surface area contributed by atoms with E-state index in [0.29, 0.717) is 40.0 Å². The highest BCUT2D eigenvalue weighted by molar-refractivity contribution is 8.00. The summed E-state index contributed by atoms with van der Waals surface area (Å²) in [4.78, 5) is 31.5. The number of aryl methyl sites for hydroxylation is 1. The minimum Gasteiger partial charge on any atom is -0.549 e. The monoisotopic (exact) mass is 443 g/mol. The number of fused-ring (bicyclic) bond motifs is 3. The van der Waals surface area contributed by atoms with Crippen molar-refractivity contribution in [3.8, 4) is 5.69 Å². The van der Waals surface area contributed by atoms with E-state index in [-0.39, 0.29) is 11.7 Å². The molecule has 0 saturated carbocycles. The first kappa shape index (κ1) is 21.1. The van der Waals surface area contributed by atoms with Crippen molar-refractivity contribution in [2.45, 2.75) is 57.2 Å². The Balaban J connectivity index is 1.97. The predicted molar refractivity (Wildman–Crippen MR) is 117 cm³/mol. The molecular weight excluding hydrogens is 420 g/mol. The number of thioether (sulfide) groups is 1. The average molecular weight is 444 g/mol. The SMILES string of the molecule is Cc1ccccc1-n1c(S[C@@H](C)C(=O)[O-])nc2sc3c(c2c1=O)C[C@H](C(C)C)OC3. The van der Waals surface area contributed by atoms with Crippen LogP contribution in [0.2, 0.25) is 0 Å². The van der Waals surface area contributed by atoms with Crippen LogP contribution >= 0.6 is 23.1 Å². The Morgan fingerprint density at radius 2 is 2.07 bits per heavy atom. The average Bonchev–Trinajstić information content (AvgIpc) is 3.06. The van der Waals surface area contributed by atoms with Gasteiger partial charge in [0.2, 0.25) is 0 Å². The zero-order chi connectivity index (χ0) is 21.6. The number of benzene rings is 1. The molecule has 0 amide bonds. The lowest BCUT2D eigenvalue weighted by atomic mass is 9.96. The van der Waals surface area contributed by atoms with Gasteiger partial charge in [0.25, 0.3) is 5.56 Å². The number of carbonyl (C=O) groups is 1. The zero-order valence-corrected chi connectivity index (χ0v) is 18.9. The van der Waals surface area contributed by atoms with Crippen LogP contribution in [-0.4, -0.2) is 26.9 Å². The van der Waals surface area contributed by atoms with Gasteiger partial charge < -0.3 is 14.6 Å². The Labute approximate surface area is 182 Å². The summed E-state index contributed by atoms with van der Waals surface area (Å²) in [5.41, 5.74) is 2.47. The van der Waals surface area contributed by atoms with Crippen LogP contribution in [0.25, 0.3) is 15.9 Å². The second-order valence-corrected chi connectivity index (χ2v) is 10.3. The third-order valence-corrected chi connectivity index (χ3v) is 7.56. The maximum atomic E-state index is 13.8. The minimum atomic E-state index is -1.19. The fourth-order valence-corrected chi connectivity index (χ4v) is 5.66. The predicted octanol–water partition coefficient (Wildman–Crippen LogP) is 3.08. The van der Waals surface area contributed by atoms with E-state index in [2.05, 4.69) is 13.8 Å². The fourth-order valence-electron chi connectivity index (χ4n) is 3.65. The van der Waals surface area contributed by atoms with E-state index in [9.17, 15) is 14.7 Å². The molecule has 8 heteroatoms. The zero-order valence-electron chi connectivity index (χ0n) is 17.3. The normalized spacial score (nSPS) is 17.3. The summed E-state index contributed by atoms with van der Waals surface area (Å²) in [6, 6.07) is 7.55. The van der Waals surface area contributed by atoms with Crippen molar-refractivity contribution in [3.05, 3.63) is 50.6 Å². The maximum absolute atomic E-state index is 13.8. The molecule has 158 valence electrons. The molecule has 2 atom stereocenters. The maximum Gasteiger partial charge on any atom is 0.267 e. The number of aliphatic carboxylic acids is 1. The molecule has 1 aliphatic rings. The highest BCUT2D eigenvalue weighted by Gasteiger charge is 2.29. The molecule has 6 nitrogen and oxygen atoms in total. The number of hydrogen-bond acceptors (Lipinski definition) is 7.